The van der Waals surface area contributed by atoms with Crippen molar-refractivity contribution in [2.45, 2.75) is 18.7 Å². The maximum atomic E-state index is 13.2. The van der Waals surface area contributed by atoms with Crippen molar-refractivity contribution in [3.63, 3.8) is 0 Å². The molecule has 0 heterocycles. The Hall–Kier alpha value is -1.47. The van der Waals surface area contributed by atoms with Crippen LogP contribution in [0, 0.1) is 12.7 Å². The third-order valence-corrected chi connectivity index (χ3v) is 3.56. The number of esters is 1. The molecule has 0 saturated carbocycles. The second-order valence-corrected chi connectivity index (χ2v) is 5.31. The lowest BCUT2D eigenvalue weighted by Gasteiger charge is -2.07. The van der Waals surface area contributed by atoms with E-state index >= 15 is 0 Å². The molecule has 0 aromatic heterocycles. The fraction of sp³-hybridized carbons (Fsp3) is 0.364. The smallest absolute Gasteiger partial charge is 0.321 e. The number of hydrogen-bond acceptors (Lipinski definition) is 4. The van der Waals surface area contributed by atoms with Crippen molar-refractivity contribution in [1.82, 2.24) is 4.72 Å². The Kier molecular flexibility index (Phi) is 4.80. The molecular formula is C11H14FNO4S. The highest BCUT2D eigenvalue weighted by atomic mass is 32.2. The van der Waals surface area contributed by atoms with E-state index in [4.69, 9.17) is 0 Å². The van der Waals surface area contributed by atoms with Gasteiger partial charge in [-0.25, -0.2) is 12.8 Å². The molecule has 0 fully saturated rings. The minimum absolute atomic E-state index is 0.166. The van der Waals surface area contributed by atoms with Gasteiger partial charge in [-0.1, -0.05) is 6.07 Å². The second-order valence-electron chi connectivity index (χ2n) is 3.54. The van der Waals surface area contributed by atoms with Crippen molar-refractivity contribution >= 4 is 16.0 Å². The summed E-state index contributed by atoms with van der Waals surface area (Å²) in [5.41, 5.74) is 0.347. The molecule has 0 amide bonds. The summed E-state index contributed by atoms with van der Waals surface area (Å²) in [5, 5.41) is 0. The molecule has 0 unspecified atom stereocenters. The average molecular weight is 275 g/mol. The lowest BCUT2D eigenvalue weighted by molar-refractivity contribution is -0.141. The number of carbonyl (C=O) groups excluding carboxylic acids is 1. The van der Waals surface area contributed by atoms with Gasteiger partial charge in [-0.15, -0.1) is 0 Å². The first kappa shape index (κ1) is 14.6. The Bertz CT molecular complexity index is 542. The molecule has 0 atom stereocenters. The van der Waals surface area contributed by atoms with Crippen LogP contribution < -0.4 is 4.72 Å². The SMILES string of the molecule is CCOC(=O)CNS(=O)(=O)c1ccc(C)c(F)c1. The highest BCUT2D eigenvalue weighted by Gasteiger charge is 2.17. The Morgan fingerprint density at radius 1 is 1.44 bits per heavy atom. The molecule has 1 aromatic carbocycles. The summed E-state index contributed by atoms with van der Waals surface area (Å²) in [6.07, 6.45) is 0. The zero-order valence-electron chi connectivity index (χ0n) is 10.1. The number of halogens is 1. The van der Waals surface area contributed by atoms with E-state index in [1.54, 1.807) is 6.92 Å². The molecule has 0 saturated heterocycles. The molecule has 7 heteroatoms. The summed E-state index contributed by atoms with van der Waals surface area (Å²) in [5.74, 6) is -1.30. The number of nitrogens with one attached hydrogen (secondary N) is 1. The number of aryl methyl sites for hydroxylation is 1. The van der Waals surface area contributed by atoms with Crippen molar-refractivity contribution in [2.24, 2.45) is 0 Å². The van der Waals surface area contributed by atoms with Gasteiger partial charge in [0, 0.05) is 0 Å². The van der Waals surface area contributed by atoms with Gasteiger partial charge in [0.05, 0.1) is 11.5 Å². The van der Waals surface area contributed by atoms with Crippen LogP contribution in [0.3, 0.4) is 0 Å². The predicted molar refractivity (Wildman–Crippen MR) is 63.0 cm³/mol. The van der Waals surface area contributed by atoms with Crippen LogP contribution in [0.2, 0.25) is 0 Å². The molecule has 18 heavy (non-hydrogen) atoms. The zero-order chi connectivity index (χ0) is 13.8. The van der Waals surface area contributed by atoms with Crippen LogP contribution in [0.4, 0.5) is 4.39 Å². The summed E-state index contributed by atoms with van der Waals surface area (Å²) in [4.78, 5) is 10.8. The number of rotatable bonds is 5. The van der Waals surface area contributed by atoms with Gasteiger partial charge >= 0.3 is 5.97 Å². The molecular weight excluding hydrogens is 261 g/mol. The molecule has 0 aliphatic rings. The van der Waals surface area contributed by atoms with Gasteiger partial charge in [0.1, 0.15) is 12.4 Å². The van der Waals surface area contributed by atoms with Crippen LogP contribution in [0.15, 0.2) is 23.1 Å². The lowest BCUT2D eigenvalue weighted by Crippen LogP contribution is -2.30. The maximum Gasteiger partial charge on any atom is 0.321 e. The largest absolute Gasteiger partial charge is 0.465 e. The monoisotopic (exact) mass is 275 g/mol. The molecule has 0 aliphatic carbocycles. The van der Waals surface area contributed by atoms with Crippen LogP contribution in [0.1, 0.15) is 12.5 Å². The highest BCUT2D eigenvalue weighted by Crippen LogP contribution is 2.13. The van der Waals surface area contributed by atoms with Gasteiger partial charge in [0.25, 0.3) is 0 Å². The topological polar surface area (TPSA) is 72.5 Å². The van der Waals surface area contributed by atoms with Gasteiger partial charge in [-0.05, 0) is 31.5 Å². The first-order valence-corrected chi connectivity index (χ1v) is 6.76. The van der Waals surface area contributed by atoms with E-state index in [-0.39, 0.29) is 11.5 Å². The predicted octanol–water partition coefficient (Wildman–Crippen LogP) is 0.976. The fourth-order valence-electron chi connectivity index (χ4n) is 1.19. The van der Waals surface area contributed by atoms with Crippen LogP contribution in [-0.4, -0.2) is 27.5 Å². The summed E-state index contributed by atoms with van der Waals surface area (Å²) in [7, 11) is -3.90. The molecule has 100 valence electrons. The standard InChI is InChI=1S/C11H14FNO4S/c1-3-17-11(14)7-13-18(15,16)9-5-4-8(2)10(12)6-9/h4-6,13H,3,7H2,1-2H3. The third-order valence-electron chi connectivity index (χ3n) is 2.17. The summed E-state index contributed by atoms with van der Waals surface area (Å²) >= 11 is 0. The molecule has 0 aliphatic heterocycles. The molecule has 0 bridgehead atoms. The van der Waals surface area contributed by atoms with Crippen molar-refractivity contribution in [3.8, 4) is 0 Å². The number of benzene rings is 1. The summed E-state index contributed by atoms with van der Waals surface area (Å²) < 4.78 is 43.3. The van der Waals surface area contributed by atoms with Gasteiger partial charge in [-0.3, -0.25) is 4.79 Å². The molecule has 5 nitrogen and oxygen atoms in total. The van der Waals surface area contributed by atoms with E-state index in [0.29, 0.717) is 5.56 Å². The van der Waals surface area contributed by atoms with Crippen LogP contribution in [0.25, 0.3) is 0 Å². The van der Waals surface area contributed by atoms with Crippen molar-refractivity contribution in [2.75, 3.05) is 13.2 Å². The average Bonchev–Trinajstić information content (AvgIpc) is 2.30. The summed E-state index contributed by atoms with van der Waals surface area (Å²) in [6, 6.07) is 3.53. The van der Waals surface area contributed by atoms with Gasteiger partial charge in [0.15, 0.2) is 0 Å². The minimum atomic E-state index is -3.90. The van der Waals surface area contributed by atoms with E-state index in [1.807, 2.05) is 4.72 Å². The molecule has 1 N–H and O–H groups in total. The van der Waals surface area contributed by atoms with E-state index in [9.17, 15) is 17.6 Å². The Balaban J connectivity index is 2.80. The number of carbonyl (C=O) groups is 1. The van der Waals surface area contributed by atoms with Gasteiger partial charge < -0.3 is 4.74 Å². The Labute approximate surface area is 105 Å². The number of hydrogen-bond donors (Lipinski definition) is 1. The Morgan fingerprint density at radius 3 is 2.67 bits per heavy atom. The van der Waals surface area contributed by atoms with E-state index < -0.39 is 28.4 Å². The fourth-order valence-corrected chi connectivity index (χ4v) is 2.17. The first-order valence-electron chi connectivity index (χ1n) is 5.28. The molecule has 0 spiro atoms. The first-order chi connectivity index (χ1) is 8.36. The van der Waals surface area contributed by atoms with Crippen LogP contribution >= 0.6 is 0 Å². The van der Waals surface area contributed by atoms with Crippen molar-refractivity contribution in [1.29, 1.82) is 0 Å². The molecule has 1 aromatic rings. The van der Waals surface area contributed by atoms with Crippen molar-refractivity contribution in [3.05, 3.63) is 29.6 Å². The van der Waals surface area contributed by atoms with E-state index in [2.05, 4.69) is 4.74 Å². The molecule has 1 rings (SSSR count). The van der Waals surface area contributed by atoms with Crippen molar-refractivity contribution < 1.29 is 22.3 Å². The summed E-state index contributed by atoms with van der Waals surface area (Å²) in [6.45, 7) is 2.82. The maximum absolute atomic E-state index is 13.2. The van der Waals surface area contributed by atoms with E-state index in [1.165, 1.54) is 19.1 Å². The highest BCUT2D eigenvalue weighted by molar-refractivity contribution is 7.89. The minimum Gasteiger partial charge on any atom is -0.465 e. The second kappa shape index (κ2) is 5.92. The van der Waals surface area contributed by atoms with E-state index in [0.717, 1.165) is 6.07 Å². The number of sulfonamides is 1. The van der Waals surface area contributed by atoms with Gasteiger partial charge in [-0.2, -0.15) is 4.72 Å². The lowest BCUT2D eigenvalue weighted by atomic mass is 10.2. The third kappa shape index (κ3) is 3.78. The zero-order valence-corrected chi connectivity index (χ0v) is 10.9. The van der Waals surface area contributed by atoms with Crippen LogP contribution in [0.5, 0.6) is 0 Å². The normalized spacial score (nSPS) is 11.3. The number of ether oxygens (including phenoxy) is 1. The van der Waals surface area contributed by atoms with Crippen LogP contribution in [-0.2, 0) is 19.6 Å². The van der Waals surface area contributed by atoms with Gasteiger partial charge in [0.2, 0.25) is 10.0 Å². The molecule has 0 radical (unpaired) electrons. The quantitative estimate of drug-likeness (QED) is 0.813. The Morgan fingerprint density at radius 2 is 2.11 bits per heavy atom.